The molecule has 4 amide bonds. The van der Waals surface area contributed by atoms with Crippen LogP contribution in [0.2, 0.25) is 0 Å². The second kappa shape index (κ2) is 7.74. The van der Waals surface area contributed by atoms with Crippen molar-refractivity contribution in [3.8, 4) is 11.5 Å². The summed E-state index contributed by atoms with van der Waals surface area (Å²) in [5, 5.41) is 2.99. The highest BCUT2D eigenvalue weighted by Crippen LogP contribution is 2.35. The SMILES string of the molecule is COc1cc(OC)cc(N2C(=O)[C@@H]3C[C@H](NC(=O)c4cccn4C)CCN3C2=O)c1. The Morgan fingerprint density at radius 2 is 1.83 bits per heavy atom. The maximum atomic E-state index is 13.1. The van der Waals surface area contributed by atoms with E-state index in [9.17, 15) is 14.4 Å². The number of urea groups is 1. The number of benzene rings is 1. The van der Waals surface area contributed by atoms with E-state index in [0.29, 0.717) is 42.3 Å². The summed E-state index contributed by atoms with van der Waals surface area (Å²) < 4.78 is 12.3. The van der Waals surface area contributed by atoms with Crippen molar-refractivity contribution in [2.75, 3.05) is 25.7 Å². The molecular weight excluding hydrogens is 388 g/mol. The van der Waals surface area contributed by atoms with Crippen molar-refractivity contribution in [1.82, 2.24) is 14.8 Å². The molecule has 0 radical (unpaired) electrons. The highest BCUT2D eigenvalue weighted by Gasteiger charge is 2.49. The van der Waals surface area contributed by atoms with E-state index in [4.69, 9.17) is 9.47 Å². The molecule has 1 aromatic heterocycles. The van der Waals surface area contributed by atoms with Crippen molar-refractivity contribution < 1.29 is 23.9 Å². The first-order valence-electron chi connectivity index (χ1n) is 9.72. The highest BCUT2D eigenvalue weighted by atomic mass is 16.5. The number of fused-ring (bicyclic) bond motifs is 1. The Morgan fingerprint density at radius 3 is 2.43 bits per heavy atom. The van der Waals surface area contributed by atoms with Gasteiger partial charge in [0.2, 0.25) is 0 Å². The molecule has 9 heteroatoms. The van der Waals surface area contributed by atoms with E-state index in [2.05, 4.69) is 5.32 Å². The summed E-state index contributed by atoms with van der Waals surface area (Å²) in [7, 11) is 4.82. The number of ether oxygens (including phenoxy) is 2. The number of rotatable bonds is 5. The lowest BCUT2D eigenvalue weighted by atomic mass is 9.98. The second-order valence-electron chi connectivity index (χ2n) is 7.44. The molecule has 2 aromatic rings. The van der Waals surface area contributed by atoms with Crippen LogP contribution >= 0.6 is 0 Å². The zero-order valence-corrected chi connectivity index (χ0v) is 17.1. The van der Waals surface area contributed by atoms with E-state index in [1.54, 1.807) is 53.0 Å². The van der Waals surface area contributed by atoms with Gasteiger partial charge in [0.05, 0.1) is 19.9 Å². The molecule has 0 aliphatic carbocycles. The standard InChI is InChI=1S/C21H24N4O5/c1-23-7-4-5-17(23)19(26)22-13-6-8-24-18(9-13)20(27)25(21(24)28)14-10-15(29-2)12-16(11-14)30-3/h4-5,7,10-13,18H,6,8-9H2,1-3H3,(H,22,26)/t13-,18+/m1/s1. The predicted octanol–water partition coefficient (Wildman–Crippen LogP) is 1.77. The number of methoxy groups -OCH3 is 2. The van der Waals surface area contributed by atoms with Gasteiger partial charge in [0, 0.05) is 44.0 Å². The number of hydrogen-bond acceptors (Lipinski definition) is 5. The fraction of sp³-hybridized carbons (Fsp3) is 0.381. The van der Waals surface area contributed by atoms with Gasteiger partial charge < -0.3 is 24.3 Å². The maximum absolute atomic E-state index is 13.1. The molecule has 2 aliphatic rings. The lowest BCUT2D eigenvalue weighted by Crippen LogP contribution is -2.50. The molecule has 2 saturated heterocycles. The molecule has 0 saturated carbocycles. The molecule has 2 atom stereocenters. The number of piperidine rings is 1. The van der Waals surface area contributed by atoms with Crippen molar-refractivity contribution in [3.63, 3.8) is 0 Å². The number of aryl methyl sites for hydroxylation is 1. The van der Waals surface area contributed by atoms with E-state index in [0.717, 1.165) is 4.90 Å². The molecule has 9 nitrogen and oxygen atoms in total. The summed E-state index contributed by atoms with van der Waals surface area (Å²) >= 11 is 0. The first-order chi connectivity index (χ1) is 14.4. The molecule has 0 spiro atoms. The van der Waals surface area contributed by atoms with E-state index in [-0.39, 0.29) is 23.9 Å². The van der Waals surface area contributed by atoms with Gasteiger partial charge in [-0.3, -0.25) is 9.59 Å². The van der Waals surface area contributed by atoms with Crippen LogP contribution < -0.4 is 19.7 Å². The zero-order valence-electron chi connectivity index (χ0n) is 17.1. The second-order valence-corrected chi connectivity index (χ2v) is 7.44. The number of nitrogens with zero attached hydrogens (tertiary/aromatic N) is 3. The summed E-state index contributed by atoms with van der Waals surface area (Å²) in [6.07, 6.45) is 2.76. The predicted molar refractivity (Wildman–Crippen MR) is 109 cm³/mol. The van der Waals surface area contributed by atoms with Gasteiger partial charge in [-0.2, -0.15) is 0 Å². The Morgan fingerprint density at radius 1 is 1.13 bits per heavy atom. The van der Waals surface area contributed by atoms with Gasteiger partial charge in [-0.15, -0.1) is 0 Å². The Bertz CT molecular complexity index is 979. The van der Waals surface area contributed by atoms with Gasteiger partial charge in [0.1, 0.15) is 23.2 Å². The summed E-state index contributed by atoms with van der Waals surface area (Å²) in [6, 6.07) is 7.32. The third-order valence-electron chi connectivity index (χ3n) is 5.65. The van der Waals surface area contributed by atoms with Crippen molar-refractivity contribution in [1.29, 1.82) is 0 Å². The summed E-state index contributed by atoms with van der Waals surface area (Å²) in [6.45, 7) is 0.394. The Kier molecular flexibility index (Phi) is 5.11. The molecule has 4 rings (SSSR count). The molecular formula is C21H24N4O5. The normalized spacial score (nSPS) is 20.9. The van der Waals surface area contributed by atoms with Gasteiger partial charge in [0.15, 0.2) is 0 Å². The van der Waals surface area contributed by atoms with Crippen LogP contribution in [0.1, 0.15) is 23.3 Å². The molecule has 2 fully saturated rings. The first-order valence-corrected chi connectivity index (χ1v) is 9.72. The van der Waals surface area contributed by atoms with Crippen LogP contribution in [0.25, 0.3) is 0 Å². The van der Waals surface area contributed by atoms with Crippen molar-refractivity contribution in [3.05, 3.63) is 42.2 Å². The quantitative estimate of drug-likeness (QED) is 0.756. The fourth-order valence-electron chi connectivity index (χ4n) is 4.05. The minimum absolute atomic E-state index is 0.188. The van der Waals surface area contributed by atoms with Crippen LogP contribution in [0, 0.1) is 0 Å². The lowest BCUT2D eigenvalue weighted by molar-refractivity contribution is -0.120. The molecule has 3 heterocycles. The number of carbonyl (C=O) groups is 3. The molecule has 0 unspecified atom stereocenters. The van der Waals surface area contributed by atoms with Crippen molar-refractivity contribution >= 4 is 23.5 Å². The smallest absolute Gasteiger partial charge is 0.332 e. The number of aromatic nitrogens is 1. The van der Waals surface area contributed by atoms with Crippen LogP contribution in [0.5, 0.6) is 11.5 Å². The van der Waals surface area contributed by atoms with Gasteiger partial charge in [-0.1, -0.05) is 0 Å². The minimum Gasteiger partial charge on any atom is -0.497 e. The molecule has 1 N–H and O–H groups in total. The highest BCUT2D eigenvalue weighted by molar-refractivity contribution is 6.21. The number of carbonyl (C=O) groups excluding carboxylic acids is 3. The minimum atomic E-state index is -0.609. The van der Waals surface area contributed by atoms with Gasteiger partial charge in [0.25, 0.3) is 11.8 Å². The molecule has 30 heavy (non-hydrogen) atoms. The largest absolute Gasteiger partial charge is 0.497 e. The third-order valence-corrected chi connectivity index (χ3v) is 5.65. The van der Waals surface area contributed by atoms with Gasteiger partial charge in [-0.05, 0) is 25.0 Å². The number of amides is 4. The summed E-state index contributed by atoms with van der Waals surface area (Å²) in [5.74, 6) is 0.477. The van der Waals surface area contributed by atoms with E-state index >= 15 is 0 Å². The maximum Gasteiger partial charge on any atom is 0.332 e. The molecule has 1 aromatic carbocycles. The number of hydrogen-bond donors (Lipinski definition) is 1. The van der Waals surface area contributed by atoms with E-state index in [1.165, 1.54) is 14.2 Å². The van der Waals surface area contributed by atoms with Crippen LogP contribution in [0.4, 0.5) is 10.5 Å². The number of anilines is 1. The number of nitrogens with one attached hydrogen (secondary N) is 1. The summed E-state index contributed by atoms with van der Waals surface area (Å²) in [5.41, 5.74) is 0.955. The fourth-order valence-corrected chi connectivity index (χ4v) is 4.05. The number of imide groups is 1. The Hall–Kier alpha value is -3.49. The van der Waals surface area contributed by atoms with Crippen LogP contribution in [0.15, 0.2) is 36.5 Å². The summed E-state index contributed by atoms with van der Waals surface area (Å²) in [4.78, 5) is 41.4. The topological polar surface area (TPSA) is 93.1 Å². The van der Waals surface area contributed by atoms with E-state index in [1.807, 2.05) is 0 Å². The van der Waals surface area contributed by atoms with Crippen LogP contribution in [0.3, 0.4) is 0 Å². The van der Waals surface area contributed by atoms with Gasteiger partial charge >= 0.3 is 6.03 Å². The lowest BCUT2D eigenvalue weighted by Gasteiger charge is -2.32. The Balaban J connectivity index is 1.52. The average molecular weight is 412 g/mol. The first kappa shape index (κ1) is 19.8. The monoisotopic (exact) mass is 412 g/mol. The van der Waals surface area contributed by atoms with E-state index < -0.39 is 6.04 Å². The molecule has 2 aliphatic heterocycles. The van der Waals surface area contributed by atoms with Crippen LogP contribution in [-0.2, 0) is 11.8 Å². The average Bonchev–Trinajstić information content (AvgIpc) is 3.28. The third kappa shape index (κ3) is 3.36. The van der Waals surface area contributed by atoms with Crippen molar-refractivity contribution in [2.24, 2.45) is 7.05 Å². The Labute approximate surface area is 174 Å². The molecule has 158 valence electrons. The van der Waals surface area contributed by atoms with Crippen molar-refractivity contribution in [2.45, 2.75) is 24.9 Å². The zero-order chi connectivity index (χ0) is 21.4. The van der Waals surface area contributed by atoms with Gasteiger partial charge in [-0.25, -0.2) is 9.69 Å². The molecule has 0 bridgehead atoms. The van der Waals surface area contributed by atoms with Crippen LogP contribution in [-0.4, -0.2) is 60.2 Å².